The number of amides is 1. The fourth-order valence-corrected chi connectivity index (χ4v) is 4.84. The Kier molecular flexibility index (Phi) is 4.97. The third-order valence-corrected chi connectivity index (χ3v) is 6.40. The summed E-state index contributed by atoms with van der Waals surface area (Å²) >= 11 is 2.99. The van der Waals surface area contributed by atoms with Gasteiger partial charge in [0.25, 0.3) is 5.91 Å². The maximum absolute atomic E-state index is 12.8. The predicted molar refractivity (Wildman–Crippen MR) is 113 cm³/mol. The van der Waals surface area contributed by atoms with Crippen LogP contribution < -0.4 is 14.8 Å². The SMILES string of the molecule is COc1cccc(OC)c1C(=O)Nc1nnc(-c2cc3c(C)cccc3s2)s1. The molecule has 2 heterocycles. The zero-order valence-corrected chi connectivity index (χ0v) is 17.1. The van der Waals surface area contributed by atoms with Gasteiger partial charge in [-0.3, -0.25) is 10.1 Å². The van der Waals surface area contributed by atoms with Crippen molar-refractivity contribution >= 4 is 43.8 Å². The minimum Gasteiger partial charge on any atom is -0.496 e. The maximum atomic E-state index is 12.8. The van der Waals surface area contributed by atoms with Crippen LogP contribution in [0.5, 0.6) is 11.5 Å². The van der Waals surface area contributed by atoms with E-state index in [0.717, 1.165) is 9.88 Å². The van der Waals surface area contributed by atoms with E-state index in [9.17, 15) is 4.79 Å². The van der Waals surface area contributed by atoms with Crippen molar-refractivity contribution in [3.05, 3.63) is 53.6 Å². The molecule has 0 saturated heterocycles. The van der Waals surface area contributed by atoms with Gasteiger partial charge in [0, 0.05) is 4.70 Å². The zero-order valence-electron chi connectivity index (χ0n) is 15.5. The van der Waals surface area contributed by atoms with Crippen molar-refractivity contribution < 1.29 is 14.3 Å². The van der Waals surface area contributed by atoms with Crippen LogP contribution in [-0.2, 0) is 0 Å². The van der Waals surface area contributed by atoms with Gasteiger partial charge in [0.05, 0.1) is 19.1 Å². The van der Waals surface area contributed by atoms with Crippen molar-refractivity contribution in [2.24, 2.45) is 0 Å². The highest BCUT2D eigenvalue weighted by Crippen LogP contribution is 2.37. The number of anilines is 1. The topological polar surface area (TPSA) is 73.3 Å². The first kappa shape index (κ1) is 18.4. The van der Waals surface area contributed by atoms with Gasteiger partial charge in [-0.2, -0.15) is 0 Å². The second-order valence-corrected chi connectivity index (χ2v) is 8.06. The minimum absolute atomic E-state index is 0.321. The van der Waals surface area contributed by atoms with E-state index in [2.05, 4.69) is 40.6 Å². The van der Waals surface area contributed by atoms with Crippen molar-refractivity contribution in [1.82, 2.24) is 10.2 Å². The average molecular weight is 412 g/mol. The van der Waals surface area contributed by atoms with Gasteiger partial charge in [-0.15, -0.1) is 21.5 Å². The van der Waals surface area contributed by atoms with E-state index in [0.29, 0.717) is 22.2 Å². The van der Waals surface area contributed by atoms with E-state index in [1.54, 1.807) is 29.5 Å². The molecule has 0 atom stereocenters. The summed E-state index contributed by atoms with van der Waals surface area (Å²) in [5.41, 5.74) is 1.54. The third-order valence-electron chi connectivity index (χ3n) is 4.29. The van der Waals surface area contributed by atoms with Gasteiger partial charge in [0.2, 0.25) is 5.13 Å². The van der Waals surface area contributed by atoms with Crippen molar-refractivity contribution in [3.63, 3.8) is 0 Å². The molecule has 4 aromatic rings. The molecular formula is C20H17N3O3S2. The number of carbonyl (C=O) groups excluding carboxylic acids is 1. The second kappa shape index (κ2) is 7.57. The van der Waals surface area contributed by atoms with Crippen LogP contribution in [0.15, 0.2) is 42.5 Å². The monoisotopic (exact) mass is 411 g/mol. The molecule has 2 aromatic heterocycles. The summed E-state index contributed by atoms with van der Waals surface area (Å²) in [6, 6.07) is 13.5. The van der Waals surface area contributed by atoms with Crippen LogP contribution >= 0.6 is 22.7 Å². The largest absolute Gasteiger partial charge is 0.496 e. The number of benzene rings is 2. The Morgan fingerprint density at radius 1 is 1.00 bits per heavy atom. The Bertz CT molecular complexity index is 1140. The zero-order chi connectivity index (χ0) is 19.7. The average Bonchev–Trinajstić information content (AvgIpc) is 3.34. The summed E-state index contributed by atoms with van der Waals surface area (Å²) in [5, 5.41) is 13.6. The number of rotatable bonds is 5. The van der Waals surface area contributed by atoms with Crippen LogP contribution in [-0.4, -0.2) is 30.3 Å². The summed E-state index contributed by atoms with van der Waals surface area (Å²) < 4.78 is 11.8. The quantitative estimate of drug-likeness (QED) is 0.500. The number of ether oxygens (including phenoxy) is 2. The first-order chi connectivity index (χ1) is 13.6. The molecule has 0 bridgehead atoms. The molecule has 142 valence electrons. The molecule has 6 nitrogen and oxygen atoms in total. The van der Waals surface area contributed by atoms with Crippen LogP contribution in [0.25, 0.3) is 20.0 Å². The number of aromatic nitrogens is 2. The van der Waals surface area contributed by atoms with Gasteiger partial charge < -0.3 is 9.47 Å². The molecule has 0 aliphatic rings. The molecule has 28 heavy (non-hydrogen) atoms. The van der Waals surface area contributed by atoms with Crippen molar-refractivity contribution in [2.45, 2.75) is 6.92 Å². The Morgan fingerprint density at radius 3 is 2.39 bits per heavy atom. The normalized spacial score (nSPS) is 10.8. The Balaban J connectivity index is 1.62. The number of aryl methyl sites for hydroxylation is 1. The van der Waals surface area contributed by atoms with Gasteiger partial charge in [-0.05, 0) is 42.1 Å². The van der Waals surface area contributed by atoms with E-state index >= 15 is 0 Å². The lowest BCUT2D eigenvalue weighted by atomic mass is 10.1. The number of hydrogen-bond acceptors (Lipinski definition) is 7. The van der Waals surface area contributed by atoms with Crippen LogP contribution in [0.2, 0.25) is 0 Å². The highest BCUT2D eigenvalue weighted by Gasteiger charge is 2.20. The summed E-state index contributed by atoms with van der Waals surface area (Å²) in [7, 11) is 3.02. The van der Waals surface area contributed by atoms with Crippen LogP contribution in [0.4, 0.5) is 5.13 Å². The smallest absolute Gasteiger partial charge is 0.265 e. The lowest BCUT2D eigenvalue weighted by Gasteiger charge is -2.11. The summed E-state index contributed by atoms with van der Waals surface area (Å²) in [6.45, 7) is 2.09. The first-order valence-electron chi connectivity index (χ1n) is 8.46. The Labute approximate surface area is 169 Å². The summed E-state index contributed by atoms with van der Waals surface area (Å²) in [6.07, 6.45) is 0. The number of thiophene rings is 1. The summed E-state index contributed by atoms with van der Waals surface area (Å²) in [5.74, 6) is 0.507. The lowest BCUT2D eigenvalue weighted by Crippen LogP contribution is -2.14. The maximum Gasteiger partial charge on any atom is 0.265 e. The number of nitrogens with one attached hydrogen (secondary N) is 1. The molecule has 1 amide bonds. The van der Waals surface area contributed by atoms with Crippen LogP contribution in [0.1, 0.15) is 15.9 Å². The Hall–Kier alpha value is -2.97. The van der Waals surface area contributed by atoms with E-state index in [4.69, 9.17) is 9.47 Å². The number of hydrogen-bond donors (Lipinski definition) is 1. The van der Waals surface area contributed by atoms with Crippen molar-refractivity contribution in [2.75, 3.05) is 19.5 Å². The summed E-state index contributed by atoms with van der Waals surface area (Å²) in [4.78, 5) is 13.8. The fourth-order valence-electron chi connectivity index (χ4n) is 2.92. The molecule has 0 saturated carbocycles. The van der Waals surface area contributed by atoms with E-state index < -0.39 is 0 Å². The fraction of sp³-hybridized carbons (Fsp3) is 0.150. The van der Waals surface area contributed by atoms with Crippen molar-refractivity contribution in [1.29, 1.82) is 0 Å². The predicted octanol–water partition coefficient (Wildman–Crippen LogP) is 5.00. The second-order valence-electron chi connectivity index (χ2n) is 6.00. The molecule has 0 unspecified atom stereocenters. The standard InChI is InChI=1S/C20H17N3O3S2/c1-11-6-4-9-15-12(11)10-16(27-15)19-22-23-20(28-19)21-18(24)17-13(25-2)7-5-8-14(17)26-3/h4-10H,1-3H3,(H,21,23,24). The van der Waals surface area contributed by atoms with E-state index in [-0.39, 0.29) is 5.91 Å². The van der Waals surface area contributed by atoms with Crippen molar-refractivity contribution in [3.8, 4) is 21.4 Å². The molecule has 1 N–H and O–H groups in total. The highest BCUT2D eigenvalue weighted by molar-refractivity contribution is 7.26. The minimum atomic E-state index is -0.357. The number of nitrogens with zero attached hydrogens (tertiary/aromatic N) is 2. The highest BCUT2D eigenvalue weighted by atomic mass is 32.1. The Morgan fingerprint density at radius 2 is 1.71 bits per heavy atom. The number of methoxy groups -OCH3 is 2. The first-order valence-corrected chi connectivity index (χ1v) is 10.1. The number of carbonyl (C=O) groups is 1. The molecule has 0 radical (unpaired) electrons. The molecule has 8 heteroatoms. The molecule has 0 fully saturated rings. The van der Waals surface area contributed by atoms with E-state index in [1.165, 1.54) is 41.2 Å². The van der Waals surface area contributed by atoms with Crippen LogP contribution in [0, 0.1) is 6.92 Å². The lowest BCUT2D eigenvalue weighted by molar-refractivity contribution is 0.102. The van der Waals surface area contributed by atoms with Gasteiger partial charge >= 0.3 is 0 Å². The number of fused-ring (bicyclic) bond motifs is 1. The van der Waals surface area contributed by atoms with Crippen LogP contribution in [0.3, 0.4) is 0 Å². The van der Waals surface area contributed by atoms with Gasteiger partial charge in [0.15, 0.2) is 5.01 Å². The van der Waals surface area contributed by atoms with Gasteiger partial charge in [-0.1, -0.05) is 29.5 Å². The molecule has 0 spiro atoms. The molecular weight excluding hydrogens is 394 g/mol. The molecule has 0 aliphatic heterocycles. The van der Waals surface area contributed by atoms with Gasteiger partial charge in [0.1, 0.15) is 17.1 Å². The molecule has 0 aliphatic carbocycles. The van der Waals surface area contributed by atoms with E-state index in [1.807, 2.05) is 6.07 Å². The van der Waals surface area contributed by atoms with Gasteiger partial charge in [-0.25, -0.2) is 0 Å². The molecule has 2 aromatic carbocycles. The third kappa shape index (κ3) is 3.32. The molecule has 4 rings (SSSR count).